The third-order valence-electron chi connectivity index (χ3n) is 3.57. The van der Waals surface area contributed by atoms with E-state index in [1.807, 2.05) is 18.2 Å². The maximum atomic E-state index is 6.50. The van der Waals surface area contributed by atoms with Crippen LogP contribution in [0.15, 0.2) is 39.4 Å². The molecule has 0 saturated heterocycles. The Morgan fingerprint density at radius 3 is 2.74 bits per heavy atom. The van der Waals surface area contributed by atoms with Gasteiger partial charge in [0.1, 0.15) is 11.3 Å². The Bertz CT molecular complexity index is 710. The Labute approximate surface area is 116 Å². The highest BCUT2D eigenvalue weighted by Crippen LogP contribution is 2.35. The minimum absolute atomic E-state index is 0.107. The van der Waals surface area contributed by atoms with E-state index < -0.39 is 0 Å². The lowest BCUT2D eigenvalue weighted by molar-refractivity contribution is 0.546. The summed E-state index contributed by atoms with van der Waals surface area (Å²) in [5.74, 6) is 0.999. The van der Waals surface area contributed by atoms with Gasteiger partial charge in [0, 0.05) is 17.4 Å². The Morgan fingerprint density at radius 1 is 1.26 bits per heavy atom. The summed E-state index contributed by atoms with van der Waals surface area (Å²) in [6.07, 6.45) is 0.862. The molecule has 2 nitrogen and oxygen atoms in total. The fraction of sp³-hybridized carbons (Fsp3) is 0.250. The number of nitrogens with two attached hydrogens (primary N) is 1. The molecular formula is C16H17NOS. The minimum atomic E-state index is -0.107. The quantitative estimate of drug-likeness (QED) is 0.766. The highest BCUT2D eigenvalue weighted by atomic mass is 32.1. The van der Waals surface area contributed by atoms with E-state index >= 15 is 0 Å². The highest BCUT2D eigenvalue weighted by molar-refractivity contribution is 7.08. The number of benzene rings is 1. The molecule has 3 heteroatoms. The third kappa shape index (κ3) is 1.99. The van der Waals surface area contributed by atoms with Gasteiger partial charge in [0.05, 0.1) is 6.04 Å². The van der Waals surface area contributed by atoms with E-state index in [2.05, 4.69) is 30.7 Å². The molecule has 3 rings (SSSR count). The monoisotopic (exact) mass is 271 g/mol. The first-order valence-electron chi connectivity index (χ1n) is 6.51. The molecule has 0 spiro atoms. The maximum Gasteiger partial charge on any atom is 0.134 e. The molecule has 0 aliphatic rings. The van der Waals surface area contributed by atoms with E-state index in [0.717, 1.165) is 28.7 Å². The molecule has 2 aromatic heterocycles. The predicted octanol–water partition coefficient (Wildman–Crippen LogP) is 4.41. The number of hydrogen-bond acceptors (Lipinski definition) is 3. The molecule has 0 saturated carbocycles. The van der Waals surface area contributed by atoms with Crippen molar-refractivity contribution in [2.75, 3.05) is 0 Å². The van der Waals surface area contributed by atoms with Gasteiger partial charge in [-0.25, -0.2) is 0 Å². The van der Waals surface area contributed by atoms with E-state index in [1.54, 1.807) is 11.3 Å². The van der Waals surface area contributed by atoms with Crippen LogP contribution in [0, 0.1) is 6.92 Å². The van der Waals surface area contributed by atoms with E-state index in [-0.39, 0.29) is 6.04 Å². The topological polar surface area (TPSA) is 39.2 Å². The lowest BCUT2D eigenvalue weighted by Crippen LogP contribution is -2.13. The molecule has 1 aromatic carbocycles. The molecule has 19 heavy (non-hydrogen) atoms. The molecule has 0 fully saturated rings. The standard InChI is InChI=1S/C16H17NOS/c1-3-13-15(11-6-4-5-7-14(11)18-13)16(17)12-9-19-8-10(12)2/h4-9,16H,3,17H2,1-2H3. The van der Waals surface area contributed by atoms with Crippen LogP contribution in [0.1, 0.15) is 35.4 Å². The number of para-hydroxylation sites is 1. The van der Waals surface area contributed by atoms with Gasteiger partial charge in [0.15, 0.2) is 0 Å². The number of hydrogen-bond donors (Lipinski definition) is 1. The zero-order valence-electron chi connectivity index (χ0n) is 11.1. The van der Waals surface area contributed by atoms with Gasteiger partial charge >= 0.3 is 0 Å². The van der Waals surface area contributed by atoms with E-state index in [4.69, 9.17) is 10.2 Å². The molecule has 98 valence electrons. The van der Waals surface area contributed by atoms with Crippen LogP contribution < -0.4 is 5.73 Å². The van der Waals surface area contributed by atoms with Crippen LogP contribution in [0.4, 0.5) is 0 Å². The smallest absolute Gasteiger partial charge is 0.134 e. The van der Waals surface area contributed by atoms with Gasteiger partial charge in [-0.05, 0) is 34.9 Å². The first-order chi connectivity index (χ1) is 9.22. The lowest BCUT2D eigenvalue weighted by Gasteiger charge is -2.12. The second-order valence-corrected chi connectivity index (χ2v) is 5.52. The van der Waals surface area contributed by atoms with Crippen molar-refractivity contribution in [2.24, 2.45) is 5.73 Å². The summed E-state index contributed by atoms with van der Waals surface area (Å²) in [5.41, 5.74) is 11.0. The van der Waals surface area contributed by atoms with Crippen molar-refractivity contribution in [3.8, 4) is 0 Å². The molecule has 3 aromatic rings. The summed E-state index contributed by atoms with van der Waals surface area (Å²) < 4.78 is 5.93. The molecule has 1 unspecified atom stereocenters. The molecule has 0 aliphatic carbocycles. The SMILES string of the molecule is CCc1oc2ccccc2c1C(N)c1cscc1C. The van der Waals surface area contributed by atoms with Crippen molar-refractivity contribution >= 4 is 22.3 Å². The molecule has 0 amide bonds. The normalized spacial score (nSPS) is 13.0. The van der Waals surface area contributed by atoms with Gasteiger partial charge in [0.2, 0.25) is 0 Å². The molecule has 0 bridgehead atoms. The van der Waals surface area contributed by atoms with Gasteiger partial charge < -0.3 is 10.2 Å². The first kappa shape index (κ1) is 12.5. The number of fused-ring (bicyclic) bond motifs is 1. The maximum absolute atomic E-state index is 6.50. The molecule has 0 radical (unpaired) electrons. The molecular weight excluding hydrogens is 254 g/mol. The Balaban J connectivity index is 2.21. The van der Waals surface area contributed by atoms with Crippen LogP contribution in [0.2, 0.25) is 0 Å². The van der Waals surface area contributed by atoms with Crippen molar-refractivity contribution in [3.63, 3.8) is 0 Å². The number of thiophene rings is 1. The van der Waals surface area contributed by atoms with Gasteiger partial charge in [-0.15, -0.1) is 0 Å². The number of furan rings is 1. The molecule has 2 N–H and O–H groups in total. The second kappa shape index (κ2) is 4.83. The van der Waals surface area contributed by atoms with Crippen molar-refractivity contribution in [3.05, 3.63) is 57.5 Å². The fourth-order valence-electron chi connectivity index (χ4n) is 2.56. The summed E-state index contributed by atoms with van der Waals surface area (Å²) >= 11 is 1.70. The Hall–Kier alpha value is -1.58. The van der Waals surface area contributed by atoms with Gasteiger partial charge in [-0.3, -0.25) is 0 Å². The summed E-state index contributed by atoms with van der Waals surface area (Å²) in [6, 6.07) is 8.02. The largest absolute Gasteiger partial charge is 0.461 e. The average molecular weight is 271 g/mol. The fourth-order valence-corrected chi connectivity index (χ4v) is 3.45. The van der Waals surface area contributed by atoms with Crippen LogP contribution >= 0.6 is 11.3 Å². The summed E-state index contributed by atoms with van der Waals surface area (Å²) in [7, 11) is 0. The van der Waals surface area contributed by atoms with Gasteiger partial charge in [-0.2, -0.15) is 11.3 Å². The van der Waals surface area contributed by atoms with Crippen LogP contribution in [-0.4, -0.2) is 0 Å². The number of rotatable bonds is 3. The van der Waals surface area contributed by atoms with Crippen LogP contribution in [0.3, 0.4) is 0 Å². The molecule has 0 aliphatic heterocycles. The Kier molecular flexibility index (Phi) is 3.17. The van der Waals surface area contributed by atoms with Crippen molar-refractivity contribution < 1.29 is 4.42 Å². The average Bonchev–Trinajstić information content (AvgIpc) is 3.01. The van der Waals surface area contributed by atoms with Crippen molar-refractivity contribution in [1.82, 2.24) is 0 Å². The molecule has 1 atom stereocenters. The van der Waals surface area contributed by atoms with Crippen LogP contribution in [0.25, 0.3) is 11.0 Å². The zero-order chi connectivity index (χ0) is 13.4. The molecule has 2 heterocycles. The number of aryl methyl sites for hydroxylation is 2. The van der Waals surface area contributed by atoms with E-state index in [9.17, 15) is 0 Å². The van der Waals surface area contributed by atoms with E-state index in [0.29, 0.717) is 0 Å². The summed E-state index contributed by atoms with van der Waals surface area (Å²) in [6.45, 7) is 4.22. The van der Waals surface area contributed by atoms with Crippen molar-refractivity contribution in [2.45, 2.75) is 26.3 Å². The van der Waals surface area contributed by atoms with Gasteiger partial charge in [-0.1, -0.05) is 25.1 Å². The Morgan fingerprint density at radius 2 is 2.05 bits per heavy atom. The highest BCUT2D eigenvalue weighted by Gasteiger charge is 2.21. The lowest BCUT2D eigenvalue weighted by atomic mass is 9.96. The zero-order valence-corrected chi connectivity index (χ0v) is 12.0. The first-order valence-corrected chi connectivity index (χ1v) is 7.45. The summed E-state index contributed by atoms with van der Waals surface area (Å²) in [4.78, 5) is 0. The van der Waals surface area contributed by atoms with E-state index in [1.165, 1.54) is 11.1 Å². The van der Waals surface area contributed by atoms with Crippen molar-refractivity contribution in [1.29, 1.82) is 0 Å². The summed E-state index contributed by atoms with van der Waals surface area (Å²) in [5, 5.41) is 5.42. The minimum Gasteiger partial charge on any atom is -0.461 e. The van der Waals surface area contributed by atoms with Crippen LogP contribution in [0.5, 0.6) is 0 Å². The predicted molar refractivity (Wildman–Crippen MR) is 80.7 cm³/mol. The van der Waals surface area contributed by atoms with Gasteiger partial charge in [0.25, 0.3) is 0 Å². The second-order valence-electron chi connectivity index (χ2n) is 4.78. The third-order valence-corrected chi connectivity index (χ3v) is 4.45. The van der Waals surface area contributed by atoms with Crippen LogP contribution in [-0.2, 0) is 6.42 Å².